The number of nitrogens with zero attached hydrogens (tertiary/aromatic N) is 1. The Balaban J connectivity index is 1.55. The Labute approximate surface area is 204 Å². The number of alkyl halides is 3. The first-order valence-electron chi connectivity index (χ1n) is 11.7. The summed E-state index contributed by atoms with van der Waals surface area (Å²) in [5, 5.41) is 19.8. The van der Waals surface area contributed by atoms with Crippen LogP contribution in [0, 0.1) is 11.6 Å². The van der Waals surface area contributed by atoms with Gasteiger partial charge in [-0.2, -0.15) is 13.2 Å². The predicted molar refractivity (Wildman–Crippen MR) is 119 cm³/mol. The van der Waals surface area contributed by atoms with Gasteiger partial charge in [0.2, 0.25) is 0 Å². The fourth-order valence-corrected chi connectivity index (χ4v) is 5.08. The number of halogens is 5. The van der Waals surface area contributed by atoms with Crippen molar-refractivity contribution < 1.29 is 41.8 Å². The number of carbonyl (C=O) groups excluding carboxylic acids is 1. The molecule has 0 aliphatic heterocycles. The summed E-state index contributed by atoms with van der Waals surface area (Å²) in [5.74, 6) is -3.35. The Bertz CT molecular complexity index is 1150. The van der Waals surface area contributed by atoms with Crippen LogP contribution in [0.5, 0.6) is 0 Å². The molecule has 1 unspecified atom stereocenters. The van der Waals surface area contributed by atoms with Gasteiger partial charge in [-0.05, 0) is 69.2 Å². The van der Waals surface area contributed by atoms with Gasteiger partial charge in [0.25, 0.3) is 5.91 Å². The van der Waals surface area contributed by atoms with Gasteiger partial charge in [0.1, 0.15) is 11.6 Å². The normalized spacial score (nSPS) is 24.1. The van der Waals surface area contributed by atoms with E-state index in [1.165, 1.54) is 12.1 Å². The predicted octanol–water partition coefficient (Wildman–Crippen LogP) is 5.30. The van der Waals surface area contributed by atoms with Crippen LogP contribution in [0.4, 0.5) is 22.0 Å². The lowest BCUT2D eigenvalue weighted by Crippen LogP contribution is -2.49. The Morgan fingerprint density at radius 1 is 0.944 bits per heavy atom. The number of aliphatic carboxylic acids is 1. The summed E-state index contributed by atoms with van der Waals surface area (Å²) in [4.78, 5) is 27.3. The van der Waals surface area contributed by atoms with Crippen LogP contribution in [-0.2, 0) is 15.8 Å². The molecule has 10 heteroatoms. The van der Waals surface area contributed by atoms with Gasteiger partial charge in [0.05, 0.1) is 5.41 Å². The monoisotopic (exact) mass is 511 g/mol. The van der Waals surface area contributed by atoms with E-state index < -0.39 is 46.3 Å². The molecule has 2 fully saturated rings. The lowest BCUT2D eigenvalue weighted by Gasteiger charge is -2.42. The molecule has 2 saturated carbocycles. The Hall–Kier alpha value is -3.01. The minimum Gasteiger partial charge on any atom is -0.481 e. The number of carboxylic acids is 1. The molecule has 0 heterocycles. The van der Waals surface area contributed by atoms with Crippen LogP contribution in [0.1, 0.15) is 66.9 Å². The Kier molecular flexibility index (Phi) is 6.61. The molecule has 0 saturated heterocycles. The summed E-state index contributed by atoms with van der Waals surface area (Å²) >= 11 is 0. The minimum atomic E-state index is -4.89. The molecule has 194 valence electrons. The first kappa shape index (κ1) is 26.1. The zero-order valence-corrected chi connectivity index (χ0v) is 19.5. The van der Waals surface area contributed by atoms with Gasteiger partial charge in [0.15, 0.2) is 5.60 Å². The lowest BCUT2D eigenvalue weighted by atomic mass is 9.67. The average Bonchev–Trinajstić information content (AvgIpc) is 3.64. The van der Waals surface area contributed by atoms with E-state index in [2.05, 4.69) is 0 Å². The highest BCUT2D eigenvalue weighted by Gasteiger charge is 2.51. The Morgan fingerprint density at radius 2 is 1.50 bits per heavy atom. The van der Waals surface area contributed by atoms with Gasteiger partial charge >= 0.3 is 12.1 Å². The van der Waals surface area contributed by atoms with Crippen LogP contribution in [0.2, 0.25) is 0 Å². The summed E-state index contributed by atoms with van der Waals surface area (Å²) in [7, 11) is 0. The van der Waals surface area contributed by atoms with Crippen LogP contribution in [-0.4, -0.2) is 45.2 Å². The maximum atomic E-state index is 14.5. The van der Waals surface area contributed by atoms with E-state index in [9.17, 15) is 41.8 Å². The molecule has 5 nitrogen and oxygen atoms in total. The molecule has 36 heavy (non-hydrogen) atoms. The van der Waals surface area contributed by atoms with Gasteiger partial charge < -0.3 is 15.1 Å². The summed E-state index contributed by atoms with van der Waals surface area (Å²) < 4.78 is 67.3. The van der Waals surface area contributed by atoms with Crippen LogP contribution in [0.15, 0.2) is 42.5 Å². The summed E-state index contributed by atoms with van der Waals surface area (Å²) in [6, 6.07) is 7.05. The number of aliphatic hydroxyl groups is 1. The average molecular weight is 511 g/mol. The van der Waals surface area contributed by atoms with Crippen LogP contribution >= 0.6 is 0 Å². The van der Waals surface area contributed by atoms with Crippen molar-refractivity contribution in [3.05, 3.63) is 70.8 Å². The molecule has 0 aromatic heterocycles. The first-order chi connectivity index (χ1) is 16.8. The Morgan fingerprint density at radius 3 is 1.97 bits per heavy atom. The number of carboxylic acid groups (broad SMARTS) is 1. The van der Waals surface area contributed by atoms with E-state index in [1.807, 2.05) is 0 Å². The number of carbonyl (C=O) groups is 2. The van der Waals surface area contributed by atoms with Crippen molar-refractivity contribution in [3.8, 4) is 0 Å². The van der Waals surface area contributed by atoms with Crippen LogP contribution in [0.3, 0.4) is 0 Å². The van der Waals surface area contributed by atoms with E-state index in [0.717, 1.165) is 37.1 Å². The third-order valence-electron chi connectivity index (χ3n) is 7.48. The number of hydrogen-bond donors (Lipinski definition) is 2. The summed E-state index contributed by atoms with van der Waals surface area (Å²) in [6.07, 6.45) is -2.77. The van der Waals surface area contributed by atoms with E-state index in [1.54, 1.807) is 4.90 Å². The van der Waals surface area contributed by atoms with Gasteiger partial charge in [-0.1, -0.05) is 18.2 Å². The lowest BCUT2D eigenvalue weighted by molar-refractivity contribution is -0.258. The molecule has 0 spiro atoms. The molecule has 2 aromatic rings. The van der Waals surface area contributed by atoms with Crippen LogP contribution in [0.25, 0.3) is 0 Å². The number of amides is 1. The fourth-order valence-electron chi connectivity index (χ4n) is 5.08. The van der Waals surface area contributed by atoms with Gasteiger partial charge in [-0.25, -0.2) is 8.78 Å². The van der Waals surface area contributed by atoms with Crippen molar-refractivity contribution >= 4 is 11.9 Å². The topological polar surface area (TPSA) is 77.8 Å². The van der Waals surface area contributed by atoms with Gasteiger partial charge in [0, 0.05) is 29.3 Å². The molecule has 2 aromatic carbocycles. The molecule has 4 rings (SSSR count). The molecule has 0 bridgehead atoms. The smallest absolute Gasteiger partial charge is 0.421 e. The van der Waals surface area contributed by atoms with Crippen molar-refractivity contribution in [2.75, 3.05) is 0 Å². The van der Waals surface area contributed by atoms with Crippen molar-refractivity contribution in [1.82, 2.24) is 4.90 Å². The number of hydrogen-bond acceptors (Lipinski definition) is 3. The van der Waals surface area contributed by atoms with Gasteiger partial charge in [-0.15, -0.1) is 0 Å². The minimum absolute atomic E-state index is 0.0411. The first-order valence-corrected chi connectivity index (χ1v) is 11.7. The van der Waals surface area contributed by atoms with E-state index in [0.29, 0.717) is 13.0 Å². The zero-order valence-electron chi connectivity index (χ0n) is 19.5. The summed E-state index contributed by atoms with van der Waals surface area (Å²) in [6.45, 7) is 0.640. The highest BCUT2D eigenvalue weighted by atomic mass is 19.4. The van der Waals surface area contributed by atoms with E-state index in [-0.39, 0.29) is 48.9 Å². The van der Waals surface area contributed by atoms with Crippen molar-refractivity contribution in [2.45, 2.75) is 74.7 Å². The molecule has 2 aliphatic rings. The molecular formula is C26H26F5NO4. The maximum absolute atomic E-state index is 14.5. The standard InChI is InChI=1S/C26H26F5NO4/c1-24(36,26(29,30)31)16-4-2-15(3-5-16)22(33)32(18-7-8-18)19-10-12-25(13-11-19,23(34)35)20-9-6-17(27)14-21(20)28/h2-6,9,14,18-19,36H,7-8,10-13H2,1H3,(H,34,35). The molecule has 1 atom stereocenters. The quantitative estimate of drug-likeness (QED) is 0.516. The second-order valence-electron chi connectivity index (χ2n) is 9.83. The molecule has 2 aliphatic carbocycles. The molecule has 1 amide bonds. The van der Waals surface area contributed by atoms with Crippen LogP contribution < -0.4 is 0 Å². The summed E-state index contributed by atoms with van der Waals surface area (Å²) in [5.41, 5.74) is -4.94. The SMILES string of the molecule is CC(O)(c1ccc(C(=O)N(C2CC2)C2CCC(C(=O)O)(c3ccc(F)cc3F)CC2)cc1)C(F)(F)F. The van der Waals surface area contributed by atoms with E-state index in [4.69, 9.17) is 0 Å². The molecule has 0 radical (unpaired) electrons. The van der Waals surface area contributed by atoms with Crippen molar-refractivity contribution in [3.63, 3.8) is 0 Å². The fraction of sp³-hybridized carbons (Fsp3) is 0.462. The molecule has 2 N–H and O–H groups in total. The molecular weight excluding hydrogens is 485 g/mol. The highest BCUT2D eigenvalue weighted by molar-refractivity contribution is 5.95. The third-order valence-corrected chi connectivity index (χ3v) is 7.48. The van der Waals surface area contributed by atoms with Crippen molar-refractivity contribution in [1.29, 1.82) is 0 Å². The largest absolute Gasteiger partial charge is 0.481 e. The zero-order chi connectivity index (χ0) is 26.5. The number of rotatable bonds is 6. The highest BCUT2D eigenvalue weighted by Crippen LogP contribution is 2.45. The van der Waals surface area contributed by atoms with E-state index >= 15 is 0 Å². The second kappa shape index (κ2) is 9.14. The number of benzene rings is 2. The van der Waals surface area contributed by atoms with Crippen molar-refractivity contribution in [2.24, 2.45) is 0 Å². The second-order valence-corrected chi connectivity index (χ2v) is 9.83. The van der Waals surface area contributed by atoms with Gasteiger partial charge in [-0.3, -0.25) is 9.59 Å². The third kappa shape index (κ3) is 4.58. The maximum Gasteiger partial charge on any atom is 0.421 e.